The van der Waals surface area contributed by atoms with Crippen molar-refractivity contribution in [3.05, 3.63) is 35.4 Å². The Morgan fingerprint density at radius 1 is 1.14 bits per heavy atom. The van der Waals surface area contributed by atoms with Gasteiger partial charge in [-0.15, -0.1) is 0 Å². The average Bonchev–Trinajstić information content (AvgIpc) is 2.47. The van der Waals surface area contributed by atoms with E-state index in [1.807, 2.05) is 6.92 Å². The van der Waals surface area contributed by atoms with Crippen LogP contribution < -0.4 is 5.32 Å². The van der Waals surface area contributed by atoms with Gasteiger partial charge < -0.3 is 5.11 Å². The maximum Gasteiger partial charge on any atom is 0.321 e. The van der Waals surface area contributed by atoms with E-state index in [1.165, 1.54) is 0 Å². The van der Waals surface area contributed by atoms with Gasteiger partial charge in [-0.3, -0.25) is 19.7 Å². The molecule has 1 unspecified atom stereocenters. The van der Waals surface area contributed by atoms with Crippen molar-refractivity contribution in [3.63, 3.8) is 0 Å². The van der Waals surface area contributed by atoms with Crippen LogP contribution in [0.25, 0.3) is 0 Å². The summed E-state index contributed by atoms with van der Waals surface area (Å²) < 4.78 is 0. The number of Topliss-reactive ketones (excluding diaryl/α,β-unsaturated/α-hetero) is 2. The normalized spacial score (nSPS) is 11.9. The Kier molecular flexibility index (Phi) is 7.11. The molecule has 2 N–H and O–H groups in total. The molecule has 0 heterocycles. The minimum Gasteiger partial charge on any atom is -0.480 e. The van der Waals surface area contributed by atoms with Crippen LogP contribution in [0.5, 0.6) is 0 Å². The predicted octanol–water partition coefficient (Wildman–Crippen LogP) is 1.82. The van der Waals surface area contributed by atoms with Crippen LogP contribution in [0.3, 0.4) is 0 Å². The van der Waals surface area contributed by atoms with Crippen LogP contribution >= 0.6 is 12.6 Å². The molecule has 1 rings (SSSR count). The predicted molar refractivity (Wildman–Crippen MR) is 83.3 cm³/mol. The molecule has 1 atom stereocenters. The van der Waals surface area contributed by atoms with E-state index >= 15 is 0 Å². The van der Waals surface area contributed by atoms with Gasteiger partial charge in [0.15, 0.2) is 11.6 Å². The molecule has 0 fully saturated rings. The number of carbonyl (C=O) groups is 3. The third kappa shape index (κ3) is 5.32. The summed E-state index contributed by atoms with van der Waals surface area (Å²) in [5.41, 5.74) is 1.03. The molecule has 0 aromatic heterocycles. The average molecular weight is 309 g/mol. The zero-order valence-electron chi connectivity index (χ0n) is 11.8. The van der Waals surface area contributed by atoms with Gasteiger partial charge in [-0.2, -0.15) is 12.6 Å². The van der Waals surface area contributed by atoms with Crippen molar-refractivity contribution < 1.29 is 19.5 Å². The van der Waals surface area contributed by atoms with Gasteiger partial charge in [0.2, 0.25) is 0 Å². The molecular formula is C15H19NO4S. The number of thiol groups is 1. The Morgan fingerprint density at radius 2 is 1.67 bits per heavy atom. The summed E-state index contributed by atoms with van der Waals surface area (Å²) in [5.74, 6) is -1.11. The Hall–Kier alpha value is -1.66. The lowest BCUT2D eigenvalue weighted by atomic mass is 10.0. The number of hydrogen-bond acceptors (Lipinski definition) is 5. The van der Waals surface area contributed by atoms with Crippen LogP contribution in [-0.4, -0.2) is 41.0 Å². The number of carboxylic acids is 1. The zero-order chi connectivity index (χ0) is 15.8. The van der Waals surface area contributed by atoms with E-state index < -0.39 is 12.0 Å². The third-order valence-corrected chi connectivity index (χ3v) is 3.36. The molecule has 1 aromatic carbocycles. The van der Waals surface area contributed by atoms with Crippen molar-refractivity contribution in [2.45, 2.75) is 25.8 Å². The van der Waals surface area contributed by atoms with E-state index in [0.29, 0.717) is 17.5 Å². The number of nitrogens with one attached hydrogen (secondary N) is 1. The van der Waals surface area contributed by atoms with Gasteiger partial charge >= 0.3 is 5.97 Å². The monoisotopic (exact) mass is 309 g/mol. The SMILES string of the molecule is CCCC(=O)c1ccc(C(=O)CNC(CS)C(=O)O)cc1. The van der Waals surface area contributed by atoms with Crippen LogP contribution in [0, 0.1) is 0 Å². The van der Waals surface area contributed by atoms with Crippen molar-refractivity contribution in [2.75, 3.05) is 12.3 Å². The molecular weight excluding hydrogens is 290 g/mol. The van der Waals surface area contributed by atoms with Crippen molar-refractivity contribution in [1.82, 2.24) is 5.32 Å². The summed E-state index contributed by atoms with van der Waals surface area (Å²) in [7, 11) is 0. The standard InChI is InChI=1S/C15H19NO4S/c1-2-3-13(17)10-4-6-11(7-5-10)14(18)8-16-12(9-21)15(19)20/h4-7,12,16,21H,2-3,8-9H2,1H3,(H,19,20). The summed E-state index contributed by atoms with van der Waals surface area (Å²) in [6.07, 6.45) is 1.26. The Morgan fingerprint density at radius 3 is 2.10 bits per heavy atom. The van der Waals surface area contributed by atoms with Gasteiger partial charge in [0, 0.05) is 23.3 Å². The number of carbonyl (C=O) groups excluding carboxylic acids is 2. The summed E-state index contributed by atoms with van der Waals surface area (Å²) in [4.78, 5) is 34.4. The van der Waals surface area contributed by atoms with Crippen molar-refractivity contribution in [1.29, 1.82) is 0 Å². The van der Waals surface area contributed by atoms with Gasteiger partial charge in [0.05, 0.1) is 6.54 Å². The Bertz CT molecular complexity index is 513. The van der Waals surface area contributed by atoms with E-state index in [4.69, 9.17) is 5.11 Å². The van der Waals surface area contributed by atoms with Crippen molar-refractivity contribution in [2.24, 2.45) is 0 Å². The van der Waals surface area contributed by atoms with E-state index in [2.05, 4.69) is 17.9 Å². The highest BCUT2D eigenvalue weighted by Crippen LogP contribution is 2.08. The van der Waals surface area contributed by atoms with Gasteiger partial charge in [-0.05, 0) is 6.42 Å². The summed E-state index contributed by atoms with van der Waals surface area (Å²) >= 11 is 3.91. The fourth-order valence-corrected chi connectivity index (χ4v) is 2.05. The first-order valence-corrected chi connectivity index (χ1v) is 7.36. The fraction of sp³-hybridized carbons (Fsp3) is 0.400. The van der Waals surface area contributed by atoms with Crippen LogP contribution in [0.1, 0.15) is 40.5 Å². The largest absolute Gasteiger partial charge is 0.480 e. The molecule has 21 heavy (non-hydrogen) atoms. The summed E-state index contributed by atoms with van der Waals surface area (Å²) in [6.45, 7) is 1.85. The highest BCUT2D eigenvalue weighted by atomic mass is 32.1. The minimum atomic E-state index is -1.04. The molecule has 0 saturated carbocycles. The second-order valence-electron chi connectivity index (χ2n) is 4.63. The topological polar surface area (TPSA) is 83.5 Å². The quantitative estimate of drug-likeness (QED) is 0.479. The highest BCUT2D eigenvalue weighted by Gasteiger charge is 2.16. The lowest BCUT2D eigenvalue weighted by molar-refractivity contribution is -0.138. The fourth-order valence-electron chi connectivity index (χ4n) is 1.76. The lowest BCUT2D eigenvalue weighted by Gasteiger charge is -2.11. The van der Waals surface area contributed by atoms with E-state index in [1.54, 1.807) is 24.3 Å². The van der Waals surface area contributed by atoms with Crippen LogP contribution in [0.2, 0.25) is 0 Å². The molecule has 0 bridgehead atoms. The first-order chi connectivity index (χ1) is 9.99. The van der Waals surface area contributed by atoms with Crippen LogP contribution in [0.4, 0.5) is 0 Å². The first-order valence-electron chi connectivity index (χ1n) is 6.73. The maximum atomic E-state index is 11.9. The van der Waals surface area contributed by atoms with Crippen LogP contribution in [-0.2, 0) is 4.79 Å². The molecule has 0 saturated heterocycles. The number of aliphatic carboxylic acids is 1. The first kappa shape index (κ1) is 17.4. The molecule has 5 nitrogen and oxygen atoms in total. The third-order valence-electron chi connectivity index (χ3n) is 3.00. The summed E-state index contributed by atoms with van der Waals surface area (Å²) in [5, 5.41) is 11.5. The molecule has 0 aliphatic rings. The highest BCUT2D eigenvalue weighted by molar-refractivity contribution is 7.80. The molecule has 1 aromatic rings. The number of hydrogen-bond donors (Lipinski definition) is 3. The van der Waals surface area contributed by atoms with Crippen LogP contribution in [0.15, 0.2) is 24.3 Å². The molecule has 114 valence electrons. The number of rotatable bonds is 9. The molecule has 6 heteroatoms. The van der Waals surface area contributed by atoms with Crippen molar-refractivity contribution >= 4 is 30.2 Å². The van der Waals surface area contributed by atoms with Gasteiger partial charge in [0.1, 0.15) is 6.04 Å². The van der Waals surface area contributed by atoms with E-state index in [0.717, 1.165) is 6.42 Å². The molecule has 0 amide bonds. The molecule has 0 radical (unpaired) electrons. The van der Waals surface area contributed by atoms with E-state index in [-0.39, 0.29) is 23.9 Å². The number of carboxylic acid groups (broad SMARTS) is 1. The molecule has 0 spiro atoms. The zero-order valence-corrected chi connectivity index (χ0v) is 12.7. The number of ketones is 2. The Balaban J connectivity index is 2.63. The second-order valence-corrected chi connectivity index (χ2v) is 4.99. The summed E-state index contributed by atoms with van der Waals surface area (Å²) in [6, 6.07) is 5.56. The number of benzene rings is 1. The smallest absolute Gasteiger partial charge is 0.321 e. The molecule has 0 aliphatic heterocycles. The van der Waals surface area contributed by atoms with Gasteiger partial charge in [0.25, 0.3) is 0 Å². The van der Waals surface area contributed by atoms with Gasteiger partial charge in [-0.25, -0.2) is 0 Å². The second kappa shape index (κ2) is 8.59. The maximum absolute atomic E-state index is 11.9. The van der Waals surface area contributed by atoms with Crippen molar-refractivity contribution in [3.8, 4) is 0 Å². The molecule has 0 aliphatic carbocycles. The van der Waals surface area contributed by atoms with Gasteiger partial charge in [-0.1, -0.05) is 31.2 Å². The minimum absolute atomic E-state index is 0.0515. The van der Waals surface area contributed by atoms with E-state index in [9.17, 15) is 14.4 Å². The Labute approximate surface area is 129 Å². The lowest BCUT2D eigenvalue weighted by Crippen LogP contribution is -2.41.